The lowest BCUT2D eigenvalue weighted by atomic mass is 9.97. The van der Waals surface area contributed by atoms with Crippen molar-refractivity contribution in [2.24, 2.45) is 17.6 Å². The molecule has 172 valence electrons. The molecule has 0 radical (unpaired) electrons. The van der Waals surface area contributed by atoms with Crippen molar-refractivity contribution >= 4 is 23.7 Å². The zero-order chi connectivity index (χ0) is 23.0. The second-order valence-corrected chi connectivity index (χ2v) is 8.05. The first-order valence-corrected chi connectivity index (χ1v) is 10.6. The Labute approximate surface area is 177 Å². The molecule has 0 aromatic heterocycles. The van der Waals surface area contributed by atoms with Crippen LogP contribution in [0.1, 0.15) is 53.4 Å². The summed E-state index contributed by atoms with van der Waals surface area (Å²) < 4.78 is 0. The molecule has 6 atom stereocenters. The number of carboxylic acid groups (broad SMARTS) is 1. The molecule has 1 heterocycles. The van der Waals surface area contributed by atoms with Crippen molar-refractivity contribution < 1.29 is 29.4 Å². The summed E-state index contributed by atoms with van der Waals surface area (Å²) in [6.45, 7) is 7.09. The minimum Gasteiger partial charge on any atom is -0.480 e. The minimum absolute atomic E-state index is 0.0214. The first-order chi connectivity index (χ1) is 14.1. The highest BCUT2D eigenvalue weighted by molar-refractivity contribution is 5.94. The number of nitrogens with one attached hydrogen (secondary N) is 2. The lowest BCUT2D eigenvalue weighted by Gasteiger charge is -2.31. The summed E-state index contributed by atoms with van der Waals surface area (Å²) in [6.07, 6.45) is 2.42. The number of carbonyl (C=O) groups is 4. The highest BCUT2D eigenvalue weighted by Crippen LogP contribution is 2.21. The third-order valence-corrected chi connectivity index (χ3v) is 5.97. The maximum absolute atomic E-state index is 13.0. The first-order valence-electron chi connectivity index (χ1n) is 10.6. The highest BCUT2D eigenvalue weighted by atomic mass is 16.4. The number of aliphatic hydroxyl groups is 1. The van der Waals surface area contributed by atoms with E-state index in [1.807, 2.05) is 20.8 Å². The molecule has 0 spiro atoms. The second kappa shape index (κ2) is 11.8. The molecule has 30 heavy (non-hydrogen) atoms. The van der Waals surface area contributed by atoms with E-state index in [0.717, 1.165) is 6.42 Å². The number of amides is 3. The lowest BCUT2D eigenvalue weighted by molar-refractivity contribution is -0.144. The number of carboxylic acids is 1. The van der Waals surface area contributed by atoms with Gasteiger partial charge in [-0.15, -0.1) is 0 Å². The molecule has 0 aromatic rings. The lowest BCUT2D eigenvalue weighted by Crippen LogP contribution is -2.59. The summed E-state index contributed by atoms with van der Waals surface area (Å²) in [5, 5.41) is 23.1. The van der Waals surface area contributed by atoms with Crippen molar-refractivity contribution in [2.45, 2.75) is 77.5 Å². The Morgan fingerprint density at radius 2 is 1.70 bits per heavy atom. The normalized spacial score (nSPS) is 21.3. The molecular formula is C20H36N4O6. The molecule has 1 fully saturated rings. The monoisotopic (exact) mass is 428 g/mol. The van der Waals surface area contributed by atoms with Gasteiger partial charge in [0.25, 0.3) is 0 Å². The molecule has 0 aromatic carbocycles. The zero-order valence-corrected chi connectivity index (χ0v) is 18.3. The van der Waals surface area contributed by atoms with Crippen molar-refractivity contribution in [2.75, 3.05) is 13.2 Å². The van der Waals surface area contributed by atoms with Gasteiger partial charge in [-0.3, -0.25) is 14.4 Å². The van der Waals surface area contributed by atoms with Crippen LogP contribution in [0.25, 0.3) is 0 Å². The van der Waals surface area contributed by atoms with E-state index in [-0.39, 0.29) is 17.7 Å². The Morgan fingerprint density at radius 3 is 2.20 bits per heavy atom. The van der Waals surface area contributed by atoms with Gasteiger partial charge < -0.3 is 31.5 Å². The number of nitrogens with zero attached hydrogens (tertiary/aromatic N) is 1. The molecule has 1 aliphatic rings. The van der Waals surface area contributed by atoms with Crippen LogP contribution in [0.15, 0.2) is 0 Å². The van der Waals surface area contributed by atoms with Crippen molar-refractivity contribution in [1.82, 2.24) is 15.5 Å². The highest BCUT2D eigenvalue weighted by Gasteiger charge is 2.39. The van der Waals surface area contributed by atoms with Crippen LogP contribution in [0.4, 0.5) is 0 Å². The topological polar surface area (TPSA) is 162 Å². The van der Waals surface area contributed by atoms with E-state index in [2.05, 4.69) is 10.6 Å². The first kappa shape index (κ1) is 25.8. The van der Waals surface area contributed by atoms with Crippen LogP contribution >= 0.6 is 0 Å². The van der Waals surface area contributed by atoms with E-state index in [0.29, 0.717) is 25.8 Å². The summed E-state index contributed by atoms with van der Waals surface area (Å²) >= 11 is 0. The van der Waals surface area contributed by atoms with Crippen LogP contribution in [0.5, 0.6) is 0 Å². The maximum atomic E-state index is 13.0. The molecule has 6 N–H and O–H groups in total. The molecule has 10 nitrogen and oxygen atoms in total. The van der Waals surface area contributed by atoms with Crippen molar-refractivity contribution in [1.29, 1.82) is 0 Å². The van der Waals surface area contributed by atoms with Gasteiger partial charge >= 0.3 is 5.97 Å². The molecule has 1 aliphatic heterocycles. The number of carbonyl (C=O) groups excluding carboxylic acids is 3. The van der Waals surface area contributed by atoms with Gasteiger partial charge in [-0.05, 0) is 24.7 Å². The fraction of sp³-hybridized carbons (Fsp3) is 0.800. The van der Waals surface area contributed by atoms with E-state index in [1.54, 1.807) is 6.92 Å². The Kier molecular flexibility index (Phi) is 10.2. The number of likely N-dealkylation sites (tertiary alicyclic amines) is 1. The predicted octanol–water partition coefficient (Wildman–Crippen LogP) is -0.557. The van der Waals surface area contributed by atoms with Crippen LogP contribution < -0.4 is 16.4 Å². The van der Waals surface area contributed by atoms with Gasteiger partial charge in [-0.1, -0.05) is 40.5 Å². The van der Waals surface area contributed by atoms with E-state index < -0.39 is 48.6 Å². The van der Waals surface area contributed by atoms with Gasteiger partial charge in [0.2, 0.25) is 17.7 Å². The van der Waals surface area contributed by atoms with Gasteiger partial charge in [0.15, 0.2) is 0 Å². The molecule has 1 saturated heterocycles. The molecule has 10 heteroatoms. The van der Waals surface area contributed by atoms with Crippen molar-refractivity contribution in [3.63, 3.8) is 0 Å². The van der Waals surface area contributed by atoms with Gasteiger partial charge in [-0.25, -0.2) is 4.79 Å². The number of aliphatic hydroxyl groups excluding tert-OH is 1. The quantitative estimate of drug-likeness (QED) is 0.295. The average Bonchev–Trinajstić information content (AvgIpc) is 3.22. The standard InChI is InChI=1S/C20H36N4O6/c1-5-11(3)15(21)19(28)24-9-7-8-14(24)17(26)23-16(12(4)6-2)18(27)22-13(10-25)20(29)30/h11-16,25H,5-10,21H2,1-4H3,(H,22,27)(H,23,26)(H,29,30). The summed E-state index contributed by atoms with van der Waals surface area (Å²) in [6, 6.07) is -3.87. The number of rotatable bonds is 11. The van der Waals surface area contributed by atoms with E-state index in [1.165, 1.54) is 4.90 Å². The molecular weight excluding hydrogens is 392 g/mol. The minimum atomic E-state index is -1.46. The molecule has 3 amide bonds. The Hall–Kier alpha value is -2.20. The van der Waals surface area contributed by atoms with Gasteiger partial charge in [-0.2, -0.15) is 0 Å². The summed E-state index contributed by atoms with van der Waals surface area (Å²) in [4.78, 5) is 50.9. The summed E-state index contributed by atoms with van der Waals surface area (Å²) in [7, 11) is 0. The fourth-order valence-electron chi connectivity index (χ4n) is 3.39. The van der Waals surface area contributed by atoms with Crippen molar-refractivity contribution in [3.8, 4) is 0 Å². The number of hydrogen-bond acceptors (Lipinski definition) is 6. The Bertz CT molecular complexity index is 628. The van der Waals surface area contributed by atoms with Gasteiger partial charge in [0.05, 0.1) is 12.6 Å². The van der Waals surface area contributed by atoms with Gasteiger partial charge in [0.1, 0.15) is 18.1 Å². The van der Waals surface area contributed by atoms with Crippen LogP contribution in [-0.4, -0.2) is 76.1 Å². The smallest absolute Gasteiger partial charge is 0.328 e. The maximum Gasteiger partial charge on any atom is 0.328 e. The SMILES string of the molecule is CCC(C)C(N)C(=O)N1CCCC1C(=O)NC(C(=O)NC(CO)C(=O)O)C(C)CC. The van der Waals surface area contributed by atoms with Crippen LogP contribution in [0.2, 0.25) is 0 Å². The molecule has 0 saturated carbocycles. The third kappa shape index (κ3) is 6.40. The number of aliphatic carboxylic acids is 1. The van der Waals surface area contributed by atoms with Gasteiger partial charge in [0, 0.05) is 6.54 Å². The van der Waals surface area contributed by atoms with E-state index >= 15 is 0 Å². The fourth-order valence-corrected chi connectivity index (χ4v) is 3.39. The third-order valence-electron chi connectivity index (χ3n) is 5.97. The molecule has 0 aliphatic carbocycles. The number of hydrogen-bond donors (Lipinski definition) is 5. The van der Waals surface area contributed by atoms with E-state index in [4.69, 9.17) is 15.9 Å². The van der Waals surface area contributed by atoms with Crippen LogP contribution in [0, 0.1) is 11.8 Å². The Morgan fingerprint density at radius 1 is 1.10 bits per heavy atom. The zero-order valence-electron chi connectivity index (χ0n) is 18.3. The number of nitrogens with two attached hydrogens (primary N) is 1. The predicted molar refractivity (Wildman–Crippen MR) is 110 cm³/mol. The molecule has 6 unspecified atom stereocenters. The summed E-state index contributed by atoms with van der Waals surface area (Å²) in [5.74, 6) is -3.11. The largest absolute Gasteiger partial charge is 0.480 e. The molecule has 0 bridgehead atoms. The Balaban J connectivity index is 2.93. The average molecular weight is 429 g/mol. The van der Waals surface area contributed by atoms with Crippen LogP contribution in [-0.2, 0) is 19.2 Å². The molecule has 1 rings (SSSR count). The van der Waals surface area contributed by atoms with Crippen molar-refractivity contribution in [3.05, 3.63) is 0 Å². The van der Waals surface area contributed by atoms with Crippen LogP contribution in [0.3, 0.4) is 0 Å². The van der Waals surface area contributed by atoms with E-state index in [9.17, 15) is 19.2 Å². The summed E-state index contributed by atoms with van der Waals surface area (Å²) in [5.41, 5.74) is 6.06. The second-order valence-electron chi connectivity index (χ2n) is 8.05.